The van der Waals surface area contributed by atoms with Crippen LogP contribution in [-0.4, -0.2) is 63.9 Å². The van der Waals surface area contributed by atoms with Crippen molar-refractivity contribution in [1.29, 1.82) is 0 Å². The lowest BCUT2D eigenvalue weighted by molar-refractivity contribution is 0.122. The standard InChI is InChI=1S/C18H25ClN6O2/c1-22-17(16(19)11-20-22)13-23-4-2-3-14(12-23)25-18(26)9-15(10-21-25)24-5-7-27-8-6-24/h9-11,14H,2-8,12-13H2,1H3/t14-/m1/s1. The molecule has 0 aromatic carbocycles. The number of likely N-dealkylation sites (tertiary alicyclic amines) is 1. The summed E-state index contributed by atoms with van der Waals surface area (Å²) in [6, 6.07) is 1.78. The van der Waals surface area contributed by atoms with Crippen LogP contribution in [0.5, 0.6) is 0 Å². The lowest BCUT2D eigenvalue weighted by atomic mass is 10.1. The van der Waals surface area contributed by atoms with E-state index in [-0.39, 0.29) is 11.6 Å². The zero-order valence-electron chi connectivity index (χ0n) is 15.6. The lowest BCUT2D eigenvalue weighted by Crippen LogP contribution is -2.41. The Morgan fingerprint density at radius 2 is 2.04 bits per heavy atom. The first-order chi connectivity index (χ1) is 13.1. The average molecular weight is 393 g/mol. The molecule has 2 saturated heterocycles. The van der Waals surface area contributed by atoms with Crippen LogP contribution in [-0.2, 0) is 18.3 Å². The predicted octanol–water partition coefficient (Wildman–Crippen LogP) is 1.30. The number of aryl methyl sites for hydroxylation is 1. The van der Waals surface area contributed by atoms with Gasteiger partial charge < -0.3 is 9.64 Å². The molecule has 2 aromatic rings. The molecule has 2 aliphatic rings. The van der Waals surface area contributed by atoms with E-state index in [2.05, 4.69) is 20.0 Å². The molecule has 0 spiro atoms. The number of aromatic nitrogens is 4. The fourth-order valence-corrected chi connectivity index (χ4v) is 4.10. The number of halogens is 1. The third kappa shape index (κ3) is 4.02. The first-order valence-electron chi connectivity index (χ1n) is 9.42. The Bertz CT molecular complexity index is 825. The van der Waals surface area contributed by atoms with E-state index >= 15 is 0 Å². The molecule has 8 nitrogen and oxygen atoms in total. The van der Waals surface area contributed by atoms with E-state index in [4.69, 9.17) is 16.3 Å². The van der Waals surface area contributed by atoms with Crippen LogP contribution >= 0.6 is 11.6 Å². The van der Waals surface area contributed by atoms with Crippen molar-refractivity contribution in [2.75, 3.05) is 44.3 Å². The Morgan fingerprint density at radius 3 is 2.74 bits per heavy atom. The molecule has 0 aliphatic carbocycles. The van der Waals surface area contributed by atoms with Crippen LogP contribution in [0.2, 0.25) is 5.02 Å². The maximum absolute atomic E-state index is 12.7. The van der Waals surface area contributed by atoms with E-state index in [0.29, 0.717) is 18.2 Å². The number of nitrogens with zero attached hydrogens (tertiary/aromatic N) is 6. The van der Waals surface area contributed by atoms with Crippen LogP contribution < -0.4 is 10.5 Å². The van der Waals surface area contributed by atoms with Crippen LogP contribution in [0.15, 0.2) is 23.3 Å². The Labute approximate surface area is 163 Å². The monoisotopic (exact) mass is 392 g/mol. The Kier molecular flexibility index (Phi) is 5.47. The second-order valence-electron chi connectivity index (χ2n) is 7.19. The summed E-state index contributed by atoms with van der Waals surface area (Å²) in [6.45, 7) is 5.48. The molecule has 1 atom stereocenters. The molecule has 0 unspecified atom stereocenters. The van der Waals surface area contributed by atoms with E-state index in [1.54, 1.807) is 16.9 Å². The van der Waals surface area contributed by atoms with Gasteiger partial charge in [0.2, 0.25) is 0 Å². The molecule has 0 N–H and O–H groups in total. The maximum atomic E-state index is 12.7. The molecule has 4 heterocycles. The van der Waals surface area contributed by atoms with E-state index < -0.39 is 0 Å². The van der Waals surface area contributed by atoms with Crippen molar-refractivity contribution in [2.24, 2.45) is 7.05 Å². The van der Waals surface area contributed by atoms with Crippen LogP contribution in [0.3, 0.4) is 0 Å². The van der Waals surface area contributed by atoms with Gasteiger partial charge >= 0.3 is 0 Å². The predicted molar refractivity (Wildman–Crippen MR) is 103 cm³/mol. The second-order valence-corrected chi connectivity index (χ2v) is 7.60. The minimum Gasteiger partial charge on any atom is -0.378 e. The summed E-state index contributed by atoms with van der Waals surface area (Å²) < 4.78 is 8.83. The fourth-order valence-electron chi connectivity index (χ4n) is 3.88. The molecular weight excluding hydrogens is 368 g/mol. The minimum absolute atomic E-state index is 0.0376. The van der Waals surface area contributed by atoms with Gasteiger partial charge in [0.05, 0.1) is 48.1 Å². The van der Waals surface area contributed by atoms with Crippen molar-refractivity contribution in [3.8, 4) is 0 Å². The average Bonchev–Trinajstić information content (AvgIpc) is 3.01. The van der Waals surface area contributed by atoms with Crippen molar-refractivity contribution in [1.82, 2.24) is 24.5 Å². The molecule has 9 heteroatoms. The molecule has 27 heavy (non-hydrogen) atoms. The molecule has 2 aliphatic heterocycles. The van der Waals surface area contributed by atoms with Gasteiger partial charge in [0.15, 0.2) is 0 Å². The van der Waals surface area contributed by atoms with E-state index in [9.17, 15) is 4.79 Å². The quantitative estimate of drug-likeness (QED) is 0.781. The maximum Gasteiger partial charge on any atom is 0.269 e. The Morgan fingerprint density at radius 1 is 1.22 bits per heavy atom. The summed E-state index contributed by atoms with van der Waals surface area (Å²) in [5.74, 6) is 0. The molecular formula is C18H25ClN6O2. The molecule has 0 radical (unpaired) electrons. The smallest absolute Gasteiger partial charge is 0.269 e. The first kappa shape index (κ1) is 18.5. The van der Waals surface area contributed by atoms with Gasteiger partial charge in [-0.05, 0) is 19.4 Å². The van der Waals surface area contributed by atoms with E-state index in [1.807, 2.05) is 17.9 Å². The summed E-state index contributed by atoms with van der Waals surface area (Å²) in [5, 5.41) is 9.38. The topological polar surface area (TPSA) is 68.4 Å². The van der Waals surface area contributed by atoms with Crippen LogP contribution in [0, 0.1) is 0 Å². The number of anilines is 1. The van der Waals surface area contributed by atoms with Crippen molar-refractivity contribution >= 4 is 17.3 Å². The third-order valence-corrected chi connectivity index (χ3v) is 5.71. The number of ether oxygens (including phenoxy) is 1. The van der Waals surface area contributed by atoms with Gasteiger partial charge in [-0.25, -0.2) is 4.68 Å². The van der Waals surface area contributed by atoms with Crippen molar-refractivity contribution < 1.29 is 4.74 Å². The van der Waals surface area contributed by atoms with E-state index in [0.717, 1.165) is 56.9 Å². The van der Waals surface area contributed by atoms with Crippen molar-refractivity contribution in [2.45, 2.75) is 25.4 Å². The van der Waals surface area contributed by atoms with Gasteiger partial charge in [-0.15, -0.1) is 0 Å². The van der Waals surface area contributed by atoms with Crippen LogP contribution in [0.1, 0.15) is 24.6 Å². The van der Waals surface area contributed by atoms with E-state index in [1.165, 1.54) is 0 Å². The zero-order chi connectivity index (χ0) is 18.8. The van der Waals surface area contributed by atoms with Gasteiger partial charge in [-0.1, -0.05) is 11.6 Å². The van der Waals surface area contributed by atoms with Crippen LogP contribution in [0.4, 0.5) is 5.69 Å². The normalized spacial score (nSPS) is 21.6. The van der Waals surface area contributed by atoms with Crippen molar-refractivity contribution in [3.63, 3.8) is 0 Å². The minimum atomic E-state index is -0.0376. The number of piperidine rings is 1. The molecule has 4 rings (SSSR count). The molecule has 2 fully saturated rings. The van der Waals surface area contributed by atoms with Crippen LogP contribution in [0.25, 0.3) is 0 Å². The summed E-state index contributed by atoms with van der Waals surface area (Å²) in [7, 11) is 1.90. The highest BCUT2D eigenvalue weighted by atomic mass is 35.5. The summed E-state index contributed by atoms with van der Waals surface area (Å²) in [4.78, 5) is 17.2. The molecule has 0 bridgehead atoms. The highest BCUT2D eigenvalue weighted by molar-refractivity contribution is 6.31. The number of hydrogen-bond donors (Lipinski definition) is 0. The Balaban J connectivity index is 1.47. The van der Waals surface area contributed by atoms with Gasteiger partial charge in [0, 0.05) is 39.3 Å². The summed E-state index contributed by atoms with van der Waals surface area (Å²) in [5.41, 5.74) is 1.85. The SMILES string of the molecule is Cn1ncc(Cl)c1CN1CCC[C@@H](n2ncc(N3CCOCC3)cc2=O)C1. The number of morpholine rings is 1. The van der Waals surface area contributed by atoms with Gasteiger partial charge in [0.1, 0.15) is 0 Å². The zero-order valence-corrected chi connectivity index (χ0v) is 16.3. The highest BCUT2D eigenvalue weighted by Crippen LogP contribution is 2.24. The fraction of sp³-hybridized carbons (Fsp3) is 0.611. The summed E-state index contributed by atoms with van der Waals surface area (Å²) in [6.07, 6.45) is 5.47. The molecule has 0 amide bonds. The molecule has 0 saturated carbocycles. The number of rotatable bonds is 4. The Hall–Kier alpha value is -1.90. The van der Waals surface area contributed by atoms with Gasteiger partial charge in [-0.2, -0.15) is 10.2 Å². The van der Waals surface area contributed by atoms with Crippen molar-refractivity contribution in [3.05, 3.63) is 39.5 Å². The molecule has 2 aromatic heterocycles. The molecule has 146 valence electrons. The first-order valence-corrected chi connectivity index (χ1v) is 9.80. The van der Waals surface area contributed by atoms with Gasteiger partial charge in [0.25, 0.3) is 5.56 Å². The number of hydrogen-bond acceptors (Lipinski definition) is 6. The third-order valence-electron chi connectivity index (χ3n) is 5.40. The van der Waals surface area contributed by atoms with Gasteiger partial charge in [-0.3, -0.25) is 14.4 Å². The highest BCUT2D eigenvalue weighted by Gasteiger charge is 2.25. The largest absolute Gasteiger partial charge is 0.378 e. The summed E-state index contributed by atoms with van der Waals surface area (Å²) >= 11 is 6.24. The lowest BCUT2D eigenvalue weighted by Gasteiger charge is -2.33. The second kappa shape index (κ2) is 8.00.